The van der Waals surface area contributed by atoms with E-state index >= 15 is 0 Å². The number of hydrogen-bond acceptors (Lipinski definition) is 6. The Balaban J connectivity index is 1.61. The molecule has 7 nitrogen and oxygen atoms in total. The summed E-state index contributed by atoms with van der Waals surface area (Å²) in [5, 5.41) is 21.9. The first-order valence-electron chi connectivity index (χ1n) is 10.5. The highest BCUT2D eigenvalue weighted by molar-refractivity contribution is 5.73. The zero-order valence-corrected chi connectivity index (χ0v) is 18.4. The highest BCUT2D eigenvalue weighted by atomic mass is 19.4. The van der Waals surface area contributed by atoms with Gasteiger partial charge in [-0.15, -0.1) is 13.2 Å². The zero-order valence-electron chi connectivity index (χ0n) is 18.4. The lowest BCUT2D eigenvalue weighted by Crippen LogP contribution is -2.53. The van der Waals surface area contributed by atoms with Crippen LogP contribution in [0.5, 0.6) is 5.75 Å². The van der Waals surface area contributed by atoms with Crippen molar-refractivity contribution in [3.63, 3.8) is 0 Å². The number of halogens is 3. The van der Waals surface area contributed by atoms with Crippen LogP contribution in [-0.4, -0.2) is 46.2 Å². The van der Waals surface area contributed by atoms with Crippen molar-refractivity contribution in [1.29, 1.82) is 0 Å². The van der Waals surface area contributed by atoms with Crippen molar-refractivity contribution in [2.75, 3.05) is 13.2 Å². The Morgan fingerprint density at radius 2 is 1.65 bits per heavy atom. The Bertz CT molecular complexity index is 1080. The topological polar surface area (TPSA) is 105 Å². The van der Waals surface area contributed by atoms with Crippen LogP contribution in [0.15, 0.2) is 59.2 Å². The van der Waals surface area contributed by atoms with E-state index in [4.69, 9.17) is 4.42 Å². The maximum absolute atomic E-state index is 12.3. The number of nitrogens with zero attached hydrogens (tertiary/aromatic N) is 1. The Labute approximate surface area is 194 Å². The molecule has 0 radical (unpaired) electrons. The molecule has 3 rings (SSSR count). The Morgan fingerprint density at radius 1 is 1.03 bits per heavy atom. The largest absolute Gasteiger partial charge is 0.573 e. The second kappa shape index (κ2) is 10.7. The lowest BCUT2D eigenvalue weighted by Gasteiger charge is -2.30. The van der Waals surface area contributed by atoms with Crippen LogP contribution in [0.3, 0.4) is 0 Å². The van der Waals surface area contributed by atoms with Gasteiger partial charge in [0.2, 0.25) is 5.91 Å². The molecule has 182 valence electrons. The fourth-order valence-electron chi connectivity index (χ4n) is 3.46. The van der Waals surface area contributed by atoms with Gasteiger partial charge in [0.1, 0.15) is 17.7 Å². The molecule has 0 saturated carbocycles. The molecule has 0 spiro atoms. The van der Waals surface area contributed by atoms with E-state index in [1.807, 2.05) is 24.3 Å². The molecular formula is C24H25F3N2O5. The number of rotatable bonds is 10. The summed E-state index contributed by atoms with van der Waals surface area (Å²) in [5.41, 5.74) is 2.00. The van der Waals surface area contributed by atoms with E-state index in [9.17, 15) is 28.2 Å². The van der Waals surface area contributed by atoms with Crippen molar-refractivity contribution in [3.8, 4) is 17.0 Å². The summed E-state index contributed by atoms with van der Waals surface area (Å²) in [6.07, 6.45) is -2.04. The average molecular weight is 478 g/mol. The van der Waals surface area contributed by atoms with Crippen molar-refractivity contribution in [1.82, 2.24) is 10.3 Å². The van der Waals surface area contributed by atoms with Gasteiger partial charge in [-0.3, -0.25) is 4.79 Å². The van der Waals surface area contributed by atoms with Crippen LogP contribution < -0.4 is 10.1 Å². The van der Waals surface area contributed by atoms with Crippen molar-refractivity contribution in [2.24, 2.45) is 0 Å². The van der Waals surface area contributed by atoms with E-state index in [0.29, 0.717) is 36.4 Å². The molecule has 1 aromatic heterocycles. The van der Waals surface area contributed by atoms with Gasteiger partial charge in [0.25, 0.3) is 0 Å². The number of amides is 1. The second-order valence-electron chi connectivity index (χ2n) is 7.97. The molecule has 2 aromatic carbocycles. The van der Waals surface area contributed by atoms with Crippen LogP contribution in [0.1, 0.15) is 30.4 Å². The van der Waals surface area contributed by atoms with Gasteiger partial charge >= 0.3 is 6.36 Å². The van der Waals surface area contributed by atoms with Crippen LogP contribution in [0.2, 0.25) is 0 Å². The number of aliphatic hydroxyl groups is 2. The number of aryl methyl sites for hydroxylation is 1. The molecule has 0 aliphatic heterocycles. The molecular weight excluding hydrogens is 453 g/mol. The highest BCUT2D eigenvalue weighted by Gasteiger charge is 2.31. The average Bonchev–Trinajstić information content (AvgIpc) is 3.25. The van der Waals surface area contributed by atoms with Gasteiger partial charge in [-0.2, -0.15) is 0 Å². The molecule has 0 atom stereocenters. The van der Waals surface area contributed by atoms with Crippen LogP contribution in [0.4, 0.5) is 13.2 Å². The smallest absolute Gasteiger partial charge is 0.448 e. The number of ether oxygens (including phenoxy) is 1. The van der Waals surface area contributed by atoms with Crippen molar-refractivity contribution < 1.29 is 37.3 Å². The van der Waals surface area contributed by atoms with E-state index in [1.165, 1.54) is 37.5 Å². The maximum Gasteiger partial charge on any atom is 0.573 e. The highest BCUT2D eigenvalue weighted by Crippen LogP contribution is 2.25. The number of aromatic nitrogens is 1. The maximum atomic E-state index is 12.3. The van der Waals surface area contributed by atoms with Gasteiger partial charge in [-0.1, -0.05) is 36.4 Å². The first-order valence-corrected chi connectivity index (χ1v) is 10.5. The lowest BCUT2D eigenvalue weighted by molar-refractivity contribution is -0.274. The fraction of sp³-hybridized carbons (Fsp3) is 0.333. The number of oxazole rings is 1. The SMILES string of the molecule is CC(=O)NC(CO)(CO)CCc1ccc(-c2coc(Cc3ccc(OC(F)(F)F)cc3)n2)cc1. The minimum Gasteiger partial charge on any atom is -0.448 e. The number of alkyl halides is 3. The number of aliphatic hydroxyl groups excluding tert-OH is 2. The Morgan fingerprint density at radius 3 is 2.21 bits per heavy atom. The standard InChI is InChI=1S/C24H25F3N2O5/c1-16(32)29-23(14-30,15-31)11-10-17-2-6-19(7-3-17)21-13-33-22(28-21)12-18-4-8-20(9-5-18)34-24(25,26)27/h2-9,13,30-31H,10-12,14-15H2,1H3,(H,29,32). The summed E-state index contributed by atoms with van der Waals surface area (Å²) in [4.78, 5) is 15.8. The summed E-state index contributed by atoms with van der Waals surface area (Å²) < 4.78 is 46.2. The monoisotopic (exact) mass is 478 g/mol. The molecule has 3 aromatic rings. The van der Waals surface area contributed by atoms with Crippen LogP contribution >= 0.6 is 0 Å². The number of nitrogens with one attached hydrogen (secondary N) is 1. The molecule has 0 bridgehead atoms. The van der Waals surface area contributed by atoms with E-state index in [0.717, 1.165) is 11.1 Å². The number of carbonyl (C=O) groups excluding carboxylic acids is 1. The van der Waals surface area contributed by atoms with Crippen LogP contribution in [0, 0.1) is 0 Å². The Hall–Kier alpha value is -3.37. The van der Waals surface area contributed by atoms with E-state index in [1.54, 1.807) is 0 Å². The molecule has 0 aliphatic carbocycles. The molecule has 0 fully saturated rings. The normalized spacial score (nSPS) is 11.9. The number of hydrogen-bond donors (Lipinski definition) is 3. The molecule has 0 unspecified atom stereocenters. The second-order valence-corrected chi connectivity index (χ2v) is 7.97. The number of carbonyl (C=O) groups is 1. The lowest BCUT2D eigenvalue weighted by atomic mass is 9.92. The molecule has 34 heavy (non-hydrogen) atoms. The molecule has 3 N–H and O–H groups in total. The minimum absolute atomic E-state index is 0.295. The molecule has 10 heteroatoms. The first kappa shape index (κ1) is 25.3. The molecule has 0 aliphatic rings. The zero-order chi connectivity index (χ0) is 24.8. The summed E-state index contributed by atoms with van der Waals surface area (Å²) >= 11 is 0. The van der Waals surface area contributed by atoms with Crippen molar-refractivity contribution >= 4 is 5.91 Å². The Kier molecular flexibility index (Phi) is 7.95. The third-order valence-electron chi connectivity index (χ3n) is 5.25. The van der Waals surface area contributed by atoms with Crippen LogP contribution in [0.25, 0.3) is 11.3 Å². The molecule has 0 saturated heterocycles. The predicted molar refractivity (Wildman–Crippen MR) is 117 cm³/mol. The summed E-state index contributed by atoms with van der Waals surface area (Å²) in [5.74, 6) is -0.211. The van der Waals surface area contributed by atoms with Crippen molar-refractivity contribution in [3.05, 3.63) is 71.8 Å². The number of benzene rings is 2. The minimum atomic E-state index is -4.74. The first-order chi connectivity index (χ1) is 16.1. The van der Waals surface area contributed by atoms with Gasteiger partial charge < -0.3 is 24.7 Å². The van der Waals surface area contributed by atoms with Crippen LogP contribution in [-0.2, 0) is 17.6 Å². The quantitative estimate of drug-likeness (QED) is 0.411. The van der Waals surface area contributed by atoms with Crippen molar-refractivity contribution in [2.45, 2.75) is 38.1 Å². The fourth-order valence-corrected chi connectivity index (χ4v) is 3.46. The summed E-state index contributed by atoms with van der Waals surface area (Å²) in [6.45, 7) is 0.584. The van der Waals surface area contributed by atoms with Gasteiger partial charge in [0.15, 0.2) is 5.89 Å². The molecule has 1 amide bonds. The van der Waals surface area contributed by atoms with Gasteiger partial charge in [-0.05, 0) is 36.1 Å². The molecule has 1 heterocycles. The third-order valence-corrected chi connectivity index (χ3v) is 5.25. The van der Waals surface area contributed by atoms with E-state index in [2.05, 4.69) is 15.0 Å². The van der Waals surface area contributed by atoms with E-state index < -0.39 is 11.9 Å². The van der Waals surface area contributed by atoms with Gasteiger partial charge in [0.05, 0.1) is 18.8 Å². The van der Waals surface area contributed by atoms with Gasteiger partial charge in [0, 0.05) is 18.9 Å². The van der Waals surface area contributed by atoms with E-state index in [-0.39, 0.29) is 24.9 Å². The summed E-state index contributed by atoms with van der Waals surface area (Å²) in [7, 11) is 0. The van der Waals surface area contributed by atoms with Gasteiger partial charge in [-0.25, -0.2) is 4.98 Å². The third kappa shape index (κ3) is 7.06. The summed E-state index contributed by atoms with van der Waals surface area (Å²) in [6, 6.07) is 13.0. The predicted octanol–water partition coefficient (Wildman–Crippen LogP) is 3.62.